The quantitative estimate of drug-likeness (QED) is 0.785. The van der Waals surface area contributed by atoms with Gasteiger partial charge in [-0.25, -0.2) is 9.37 Å². The van der Waals surface area contributed by atoms with E-state index in [-0.39, 0.29) is 17.8 Å². The molecule has 2 aromatic rings. The zero-order valence-electron chi connectivity index (χ0n) is 17.6. The lowest BCUT2D eigenvalue weighted by molar-refractivity contribution is -0.135. The molecule has 2 heterocycles. The largest absolute Gasteiger partial charge is 0.333 e. The van der Waals surface area contributed by atoms with Crippen LogP contribution in [-0.4, -0.2) is 35.4 Å². The second-order valence-electron chi connectivity index (χ2n) is 8.54. The summed E-state index contributed by atoms with van der Waals surface area (Å²) >= 11 is 0. The molecular formula is C24H31FN4O. The number of para-hydroxylation sites is 1. The van der Waals surface area contributed by atoms with E-state index in [1.807, 2.05) is 29.2 Å². The van der Waals surface area contributed by atoms with Crippen molar-refractivity contribution in [1.82, 2.24) is 9.88 Å². The van der Waals surface area contributed by atoms with Gasteiger partial charge in [0.2, 0.25) is 5.91 Å². The number of nitrogens with zero attached hydrogens (tertiary/aromatic N) is 3. The molecule has 2 atom stereocenters. The molecule has 2 aliphatic rings. The molecule has 0 bridgehead atoms. The van der Waals surface area contributed by atoms with Gasteiger partial charge in [-0.15, -0.1) is 0 Å². The third kappa shape index (κ3) is 4.19. The summed E-state index contributed by atoms with van der Waals surface area (Å²) in [5, 5.41) is 0. The van der Waals surface area contributed by atoms with E-state index < -0.39 is 6.04 Å². The summed E-state index contributed by atoms with van der Waals surface area (Å²) in [6, 6.07) is 11.9. The maximum atomic E-state index is 14.2. The number of likely N-dealkylation sites (tertiary alicyclic amines) is 1. The highest BCUT2D eigenvalue weighted by atomic mass is 19.1. The van der Waals surface area contributed by atoms with Gasteiger partial charge in [-0.1, -0.05) is 37.5 Å². The number of anilines is 2. The molecule has 6 heteroatoms. The Morgan fingerprint density at radius 1 is 1.10 bits per heavy atom. The van der Waals surface area contributed by atoms with Gasteiger partial charge < -0.3 is 15.5 Å². The molecule has 0 spiro atoms. The van der Waals surface area contributed by atoms with E-state index in [2.05, 4.69) is 0 Å². The monoisotopic (exact) mass is 410 g/mol. The van der Waals surface area contributed by atoms with E-state index >= 15 is 0 Å². The van der Waals surface area contributed by atoms with E-state index in [9.17, 15) is 9.18 Å². The van der Waals surface area contributed by atoms with Crippen LogP contribution in [0.4, 0.5) is 15.9 Å². The number of carbonyl (C=O) groups excluding carboxylic acids is 1. The van der Waals surface area contributed by atoms with E-state index in [1.54, 1.807) is 24.1 Å². The van der Waals surface area contributed by atoms with Crippen LogP contribution in [0.3, 0.4) is 0 Å². The summed E-state index contributed by atoms with van der Waals surface area (Å²) in [6.45, 7) is 0.721. The fraction of sp³-hybridized carbons (Fsp3) is 0.500. The van der Waals surface area contributed by atoms with Gasteiger partial charge in [-0.2, -0.15) is 0 Å². The Balaban J connectivity index is 1.53. The third-order valence-electron chi connectivity index (χ3n) is 6.63. The van der Waals surface area contributed by atoms with E-state index in [0.717, 1.165) is 37.9 Å². The molecule has 1 aromatic heterocycles. The molecule has 1 saturated carbocycles. The summed E-state index contributed by atoms with van der Waals surface area (Å²) in [4.78, 5) is 21.7. The zero-order valence-corrected chi connectivity index (χ0v) is 17.6. The Labute approximate surface area is 178 Å². The van der Waals surface area contributed by atoms with E-state index in [4.69, 9.17) is 10.7 Å². The standard InChI is InChI=1S/C24H31FN4O/c1-28(20-13-6-5-11-18(20)25)22-15-7-12-19(27-22)21-14-8-16-29(21)24(30)23(26)17-9-3-2-4-10-17/h5-7,11-13,15,17,21,23H,2-4,8-10,14,16,26H2,1H3. The summed E-state index contributed by atoms with van der Waals surface area (Å²) in [5.41, 5.74) is 7.74. The number of benzene rings is 1. The average molecular weight is 411 g/mol. The van der Waals surface area contributed by atoms with Crippen LogP contribution < -0.4 is 10.6 Å². The molecule has 4 rings (SSSR count). The van der Waals surface area contributed by atoms with Gasteiger partial charge in [0.15, 0.2) is 0 Å². The third-order valence-corrected chi connectivity index (χ3v) is 6.63. The predicted octanol–water partition coefficient (Wildman–Crippen LogP) is 4.56. The number of nitrogens with two attached hydrogens (primary N) is 1. The van der Waals surface area contributed by atoms with Crippen LogP contribution in [-0.2, 0) is 4.79 Å². The van der Waals surface area contributed by atoms with Gasteiger partial charge in [-0.05, 0) is 55.9 Å². The maximum absolute atomic E-state index is 14.2. The van der Waals surface area contributed by atoms with Crippen molar-refractivity contribution in [2.24, 2.45) is 11.7 Å². The number of rotatable bonds is 5. The van der Waals surface area contributed by atoms with Gasteiger partial charge in [0, 0.05) is 13.6 Å². The highest BCUT2D eigenvalue weighted by Gasteiger charge is 2.36. The highest BCUT2D eigenvalue weighted by Crippen LogP contribution is 2.35. The first-order chi connectivity index (χ1) is 14.6. The number of halogens is 1. The van der Waals surface area contributed by atoms with Crippen molar-refractivity contribution in [1.29, 1.82) is 0 Å². The van der Waals surface area contributed by atoms with Crippen molar-refractivity contribution >= 4 is 17.4 Å². The molecule has 1 saturated heterocycles. The second-order valence-corrected chi connectivity index (χ2v) is 8.54. The van der Waals surface area contributed by atoms with Crippen molar-refractivity contribution in [3.05, 3.63) is 54.0 Å². The van der Waals surface area contributed by atoms with Crippen LogP contribution in [0, 0.1) is 11.7 Å². The average Bonchev–Trinajstić information content (AvgIpc) is 3.28. The van der Waals surface area contributed by atoms with Crippen molar-refractivity contribution in [3.8, 4) is 0 Å². The highest BCUT2D eigenvalue weighted by molar-refractivity contribution is 5.82. The Morgan fingerprint density at radius 2 is 1.87 bits per heavy atom. The van der Waals surface area contributed by atoms with Crippen molar-refractivity contribution in [2.75, 3.05) is 18.5 Å². The van der Waals surface area contributed by atoms with Crippen LogP contribution in [0.5, 0.6) is 0 Å². The molecule has 30 heavy (non-hydrogen) atoms. The van der Waals surface area contributed by atoms with Crippen molar-refractivity contribution in [3.63, 3.8) is 0 Å². The van der Waals surface area contributed by atoms with Crippen LogP contribution >= 0.6 is 0 Å². The fourth-order valence-electron chi connectivity index (χ4n) is 4.88. The topological polar surface area (TPSA) is 62.5 Å². The Bertz CT molecular complexity index is 883. The molecule has 1 aromatic carbocycles. The van der Waals surface area contributed by atoms with E-state index in [0.29, 0.717) is 17.4 Å². The minimum Gasteiger partial charge on any atom is -0.333 e. The molecule has 1 aliphatic heterocycles. The van der Waals surface area contributed by atoms with Crippen LogP contribution in [0.2, 0.25) is 0 Å². The van der Waals surface area contributed by atoms with Gasteiger partial charge in [-0.3, -0.25) is 4.79 Å². The molecule has 2 N–H and O–H groups in total. The fourth-order valence-corrected chi connectivity index (χ4v) is 4.88. The smallest absolute Gasteiger partial charge is 0.240 e. The molecular weight excluding hydrogens is 379 g/mol. The lowest BCUT2D eigenvalue weighted by Gasteiger charge is -2.32. The van der Waals surface area contributed by atoms with Crippen molar-refractivity contribution in [2.45, 2.75) is 57.0 Å². The van der Waals surface area contributed by atoms with Gasteiger partial charge in [0.1, 0.15) is 11.6 Å². The maximum Gasteiger partial charge on any atom is 0.240 e. The van der Waals surface area contributed by atoms with Crippen molar-refractivity contribution < 1.29 is 9.18 Å². The summed E-state index contributed by atoms with van der Waals surface area (Å²) in [5.74, 6) is 0.717. The minimum atomic E-state index is -0.421. The van der Waals surface area contributed by atoms with E-state index in [1.165, 1.54) is 25.3 Å². The predicted molar refractivity (Wildman–Crippen MR) is 117 cm³/mol. The molecule has 2 fully saturated rings. The first kappa shape index (κ1) is 20.8. The summed E-state index contributed by atoms with van der Waals surface area (Å²) < 4.78 is 14.2. The number of amides is 1. The lowest BCUT2D eigenvalue weighted by atomic mass is 9.83. The SMILES string of the molecule is CN(c1cccc(C2CCCN2C(=O)C(N)C2CCCCC2)n1)c1ccccc1F. The molecule has 5 nitrogen and oxygen atoms in total. The molecule has 160 valence electrons. The molecule has 0 radical (unpaired) electrons. The summed E-state index contributed by atoms with van der Waals surface area (Å²) in [6.07, 6.45) is 7.50. The van der Waals surface area contributed by atoms with Crippen LogP contribution in [0.25, 0.3) is 0 Å². The lowest BCUT2D eigenvalue weighted by Crippen LogP contribution is -2.48. The van der Waals surface area contributed by atoms with Gasteiger partial charge >= 0.3 is 0 Å². The van der Waals surface area contributed by atoms with Gasteiger partial charge in [0.05, 0.1) is 23.5 Å². The second kappa shape index (κ2) is 9.13. The Hall–Kier alpha value is -2.47. The summed E-state index contributed by atoms with van der Waals surface area (Å²) in [7, 11) is 1.81. The van der Waals surface area contributed by atoms with Crippen LogP contribution in [0.1, 0.15) is 56.7 Å². The normalized spacial score (nSPS) is 20.9. The number of aromatic nitrogens is 1. The number of carbonyl (C=O) groups is 1. The zero-order chi connectivity index (χ0) is 21.1. The minimum absolute atomic E-state index is 0.0547. The number of pyridine rings is 1. The first-order valence-electron chi connectivity index (χ1n) is 11.1. The van der Waals surface area contributed by atoms with Gasteiger partial charge in [0.25, 0.3) is 0 Å². The Morgan fingerprint density at radius 3 is 2.63 bits per heavy atom. The number of hydrogen-bond acceptors (Lipinski definition) is 4. The molecule has 2 unspecified atom stereocenters. The molecule has 1 amide bonds. The number of hydrogen-bond donors (Lipinski definition) is 1. The van der Waals surface area contributed by atoms with Crippen LogP contribution in [0.15, 0.2) is 42.5 Å². The first-order valence-corrected chi connectivity index (χ1v) is 11.1. The molecule has 1 aliphatic carbocycles. The Kier molecular flexibility index (Phi) is 6.32.